The van der Waals surface area contributed by atoms with E-state index in [1.807, 2.05) is 74.5 Å². The maximum atomic E-state index is 12.6. The molecule has 2 aromatic carbocycles. The van der Waals surface area contributed by atoms with Crippen LogP contribution in [0.4, 0.5) is 5.69 Å². The normalized spacial score (nSPS) is 15.4. The van der Waals surface area contributed by atoms with Crippen LogP contribution in [0.25, 0.3) is 6.08 Å². The van der Waals surface area contributed by atoms with Crippen LogP contribution >= 0.6 is 24.0 Å². The Morgan fingerprint density at radius 2 is 1.93 bits per heavy atom. The second kappa shape index (κ2) is 10.4. The van der Waals surface area contributed by atoms with Crippen LogP contribution in [0.2, 0.25) is 0 Å². The van der Waals surface area contributed by atoms with Gasteiger partial charge in [0.2, 0.25) is 5.91 Å². The molecule has 4 nitrogen and oxygen atoms in total. The molecule has 0 saturated carbocycles. The van der Waals surface area contributed by atoms with Gasteiger partial charge in [0.05, 0.1) is 4.91 Å². The fraction of sp³-hybridized carbons (Fsp3) is 0.208. The Hall–Kier alpha value is -2.70. The molecule has 1 aliphatic rings. The Morgan fingerprint density at radius 3 is 2.67 bits per heavy atom. The fourth-order valence-electron chi connectivity index (χ4n) is 3.08. The van der Waals surface area contributed by atoms with Crippen molar-refractivity contribution in [2.75, 3.05) is 11.9 Å². The lowest BCUT2D eigenvalue weighted by Crippen LogP contribution is -2.29. The van der Waals surface area contributed by atoms with Gasteiger partial charge in [-0.2, -0.15) is 0 Å². The van der Waals surface area contributed by atoms with Crippen molar-refractivity contribution in [1.82, 2.24) is 4.90 Å². The van der Waals surface area contributed by atoms with E-state index in [2.05, 4.69) is 5.32 Å². The molecule has 0 unspecified atom stereocenters. The topological polar surface area (TPSA) is 49.4 Å². The number of thiocarbonyl (C=S) groups is 1. The van der Waals surface area contributed by atoms with Gasteiger partial charge in [-0.3, -0.25) is 14.5 Å². The van der Waals surface area contributed by atoms with Crippen LogP contribution in [0.1, 0.15) is 29.5 Å². The first-order chi connectivity index (χ1) is 14.4. The number of carbonyl (C=O) groups excluding carboxylic acids is 2. The van der Waals surface area contributed by atoms with Crippen molar-refractivity contribution in [1.29, 1.82) is 0 Å². The number of benzene rings is 2. The second-order valence-electron chi connectivity index (χ2n) is 7.10. The fourth-order valence-corrected chi connectivity index (χ4v) is 4.34. The van der Waals surface area contributed by atoms with Gasteiger partial charge in [-0.25, -0.2) is 0 Å². The molecule has 0 atom stereocenters. The van der Waals surface area contributed by atoms with E-state index < -0.39 is 0 Å². The summed E-state index contributed by atoms with van der Waals surface area (Å²) in [6.45, 7) is 4.43. The van der Waals surface area contributed by atoms with Crippen LogP contribution in [0, 0.1) is 13.8 Å². The first kappa shape index (κ1) is 22.0. The van der Waals surface area contributed by atoms with Gasteiger partial charge in [0.25, 0.3) is 5.91 Å². The number of nitrogens with one attached hydrogen (secondary N) is 1. The highest BCUT2D eigenvalue weighted by Gasteiger charge is 2.31. The first-order valence-electron chi connectivity index (χ1n) is 9.78. The smallest absolute Gasteiger partial charge is 0.266 e. The summed E-state index contributed by atoms with van der Waals surface area (Å²) in [5.74, 6) is -0.161. The number of allylic oxidation sites excluding steroid dienone is 2. The van der Waals surface area contributed by atoms with Gasteiger partial charge in [-0.15, -0.1) is 0 Å². The summed E-state index contributed by atoms with van der Waals surface area (Å²) in [5.41, 5.74) is 4.09. The van der Waals surface area contributed by atoms with Crippen molar-refractivity contribution in [3.8, 4) is 0 Å². The largest absolute Gasteiger partial charge is 0.326 e. The van der Waals surface area contributed by atoms with E-state index >= 15 is 0 Å². The second-order valence-corrected chi connectivity index (χ2v) is 8.77. The van der Waals surface area contributed by atoms with Crippen molar-refractivity contribution in [3.05, 3.63) is 82.3 Å². The number of anilines is 1. The molecule has 0 bridgehead atoms. The minimum absolute atomic E-state index is 0.0614. The summed E-state index contributed by atoms with van der Waals surface area (Å²) >= 11 is 6.65. The lowest BCUT2D eigenvalue weighted by molar-refractivity contribution is -0.122. The van der Waals surface area contributed by atoms with E-state index in [9.17, 15) is 9.59 Å². The molecule has 1 fully saturated rings. The van der Waals surface area contributed by atoms with Crippen LogP contribution in [0.3, 0.4) is 0 Å². The predicted octanol–water partition coefficient (Wildman–Crippen LogP) is 5.48. The van der Waals surface area contributed by atoms with Gasteiger partial charge in [-0.05, 0) is 43.5 Å². The third-order valence-electron chi connectivity index (χ3n) is 4.65. The van der Waals surface area contributed by atoms with Crippen LogP contribution in [0.15, 0.2) is 65.6 Å². The molecule has 1 aliphatic heterocycles. The molecule has 30 heavy (non-hydrogen) atoms. The van der Waals surface area contributed by atoms with Gasteiger partial charge in [0, 0.05) is 18.7 Å². The van der Waals surface area contributed by atoms with E-state index in [1.165, 1.54) is 11.8 Å². The highest BCUT2D eigenvalue weighted by molar-refractivity contribution is 8.26. The number of nitrogens with zero attached hydrogens (tertiary/aromatic N) is 1. The third-order valence-corrected chi connectivity index (χ3v) is 6.05. The van der Waals surface area contributed by atoms with Crippen LogP contribution in [-0.2, 0) is 9.59 Å². The molecular weight excluding hydrogens is 412 g/mol. The highest BCUT2D eigenvalue weighted by Crippen LogP contribution is 2.31. The van der Waals surface area contributed by atoms with Crippen molar-refractivity contribution in [2.45, 2.75) is 26.7 Å². The maximum absolute atomic E-state index is 12.6. The molecule has 154 valence electrons. The van der Waals surface area contributed by atoms with Crippen LogP contribution in [0.5, 0.6) is 0 Å². The number of thioether (sulfide) groups is 1. The van der Waals surface area contributed by atoms with Crippen molar-refractivity contribution in [3.63, 3.8) is 0 Å². The number of amides is 2. The number of hydrogen-bond donors (Lipinski definition) is 1. The summed E-state index contributed by atoms with van der Waals surface area (Å²) in [6, 6.07) is 15.8. The summed E-state index contributed by atoms with van der Waals surface area (Å²) in [5, 5.41) is 2.94. The quantitative estimate of drug-likeness (QED) is 0.461. The number of carbonyl (C=O) groups is 2. The van der Waals surface area contributed by atoms with E-state index in [-0.39, 0.29) is 11.8 Å². The van der Waals surface area contributed by atoms with Crippen molar-refractivity contribution in [2.24, 2.45) is 0 Å². The summed E-state index contributed by atoms with van der Waals surface area (Å²) in [4.78, 5) is 27.0. The molecule has 1 saturated heterocycles. The zero-order valence-corrected chi connectivity index (χ0v) is 18.7. The average Bonchev–Trinajstić information content (AvgIpc) is 2.98. The molecule has 0 radical (unpaired) electrons. The Morgan fingerprint density at radius 1 is 1.17 bits per heavy atom. The molecule has 1 heterocycles. The van der Waals surface area contributed by atoms with Crippen LogP contribution < -0.4 is 5.32 Å². The van der Waals surface area contributed by atoms with E-state index in [4.69, 9.17) is 12.2 Å². The molecule has 2 aromatic rings. The average molecular weight is 437 g/mol. The lowest BCUT2D eigenvalue weighted by atomic mass is 10.1. The molecule has 0 aliphatic carbocycles. The molecule has 2 amide bonds. The number of hydrogen-bond acceptors (Lipinski definition) is 4. The summed E-state index contributed by atoms with van der Waals surface area (Å²) in [7, 11) is 0. The number of aryl methyl sites for hydroxylation is 2. The van der Waals surface area contributed by atoms with Crippen molar-refractivity contribution >= 4 is 51.9 Å². The Bertz CT molecular complexity index is 1010. The van der Waals surface area contributed by atoms with Crippen LogP contribution in [-0.4, -0.2) is 27.6 Å². The van der Waals surface area contributed by atoms with Crippen molar-refractivity contribution < 1.29 is 9.59 Å². The van der Waals surface area contributed by atoms with E-state index in [0.29, 0.717) is 28.6 Å². The lowest BCUT2D eigenvalue weighted by Gasteiger charge is -2.14. The van der Waals surface area contributed by atoms with E-state index in [0.717, 1.165) is 22.4 Å². The number of rotatable bonds is 7. The zero-order chi connectivity index (χ0) is 21.5. The highest BCUT2D eigenvalue weighted by atomic mass is 32.2. The molecular formula is C24H24N2O2S2. The maximum Gasteiger partial charge on any atom is 0.266 e. The third kappa shape index (κ3) is 5.90. The van der Waals surface area contributed by atoms with Gasteiger partial charge in [-0.1, -0.05) is 84.2 Å². The summed E-state index contributed by atoms with van der Waals surface area (Å²) in [6.07, 6.45) is 6.48. The SMILES string of the molecule is Cc1ccc(NC(=O)CCCN2C(=O)/C(=C/C=C/c3ccccc3)SC2=S)c(C)c1. The molecule has 0 spiro atoms. The van der Waals surface area contributed by atoms with Gasteiger partial charge >= 0.3 is 0 Å². The minimum Gasteiger partial charge on any atom is -0.326 e. The first-order valence-corrected chi connectivity index (χ1v) is 11.0. The Balaban J connectivity index is 1.50. The minimum atomic E-state index is -0.0995. The Labute approximate surface area is 187 Å². The van der Waals surface area contributed by atoms with Gasteiger partial charge < -0.3 is 5.32 Å². The van der Waals surface area contributed by atoms with Gasteiger partial charge in [0.15, 0.2) is 0 Å². The summed E-state index contributed by atoms with van der Waals surface area (Å²) < 4.78 is 0.536. The standard InChI is InChI=1S/C24H24N2O2S2/c1-17-13-14-20(18(2)16-17)25-22(27)12-7-15-26-23(28)21(30-24(26)29)11-6-10-19-8-4-3-5-9-19/h3-6,8-11,13-14,16H,7,12,15H2,1-2H3,(H,25,27)/b10-6+,21-11-. The molecule has 3 rings (SSSR count). The molecule has 0 aromatic heterocycles. The molecule has 1 N–H and O–H groups in total. The van der Waals surface area contributed by atoms with E-state index in [1.54, 1.807) is 11.0 Å². The zero-order valence-electron chi connectivity index (χ0n) is 17.1. The Kier molecular flexibility index (Phi) is 7.60. The van der Waals surface area contributed by atoms with Gasteiger partial charge in [0.1, 0.15) is 4.32 Å². The monoisotopic (exact) mass is 436 g/mol. The molecule has 6 heteroatoms. The predicted molar refractivity (Wildman–Crippen MR) is 129 cm³/mol.